The predicted molar refractivity (Wildman–Crippen MR) is 174 cm³/mol. The summed E-state index contributed by atoms with van der Waals surface area (Å²) in [7, 11) is 0. The van der Waals surface area contributed by atoms with Crippen molar-refractivity contribution in [2.24, 2.45) is 10.8 Å². The van der Waals surface area contributed by atoms with Crippen LogP contribution < -0.4 is 0 Å². The van der Waals surface area contributed by atoms with Crippen LogP contribution in [0, 0.1) is 10.8 Å². The van der Waals surface area contributed by atoms with Gasteiger partial charge in [0, 0.05) is 37.4 Å². The molecule has 2 nitrogen and oxygen atoms in total. The summed E-state index contributed by atoms with van der Waals surface area (Å²) < 4.78 is 29.8. The molecule has 2 saturated carbocycles. The Morgan fingerprint density at radius 3 is 2.44 bits per heavy atom. The number of benzene rings is 3. The Balaban J connectivity index is 1.26. The van der Waals surface area contributed by atoms with E-state index in [-0.39, 0.29) is 0 Å². The lowest BCUT2D eigenvalue weighted by molar-refractivity contribution is 0.114. The highest BCUT2D eigenvalue weighted by Crippen LogP contribution is 2.51. The third-order valence-electron chi connectivity index (χ3n) is 10.1. The minimum Gasteiger partial charge on any atom is -0.308 e. The molecule has 0 saturated heterocycles. The number of nitrogens with zero attached hydrogens (tertiary/aromatic N) is 2. The highest BCUT2D eigenvalue weighted by Gasteiger charge is 2.36. The van der Waals surface area contributed by atoms with Crippen molar-refractivity contribution in [2.75, 3.05) is 0 Å². The van der Waals surface area contributed by atoms with Gasteiger partial charge in [0.1, 0.15) is 0 Å². The topological polar surface area (TPSA) is 17.3 Å². The van der Waals surface area contributed by atoms with Crippen LogP contribution in [0.4, 0.5) is 0 Å². The molecule has 2 fully saturated rings. The number of para-hydroxylation sites is 1. The van der Waals surface area contributed by atoms with Gasteiger partial charge in [-0.05, 0) is 103 Å². The van der Waals surface area contributed by atoms with Gasteiger partial charge in [-0.3, -0.25) is 4.98 Å². The van der Waals surface area contributed by atoms with Gasteiger partial charge in [0.05, 0.1) is 22.2 Å². The molecule has 8 rings (SSSR count). The summed E-state index contributed by atoms with van der Waals surface area (Å²) in [6.45, 7) is 5.84. The Bertz CT molecular complexity index is 2030. The van der Waals surface area contributed by atoms with Crippen molar-refractivity contribution >= 4 is 38.1 Å². The summed E-state index contributed by atoms with van der Waals surface area (Å²) in [6, 6.07) is 23.6. The maximum atomic E-state index is 9.61. The van der Waals surface area contributed by atoms with E-state index in [1.165, 1.54) is 77.7 Å². The highest BCUT2D eigenvalue weighted by atomic mass is 14.9. The van der Waals surface area contributed by atoms with Crippen LogP contribution in [0.1, 0.15) is 99.7 Å². The summed E-state index contributed by atoms with van der Waals surface area (Å²) in [4.78, 5) is 4.76. The van der Waals surface area contributed by atoms with Gasteiger partial charge in [-0.2, -0.15) is 0 Å². The molecular weight excluding hydrogens is 496 g/mol. The monoisotopic (exact) mass is 541 g/mol. The maximum absolute atomic E-state index is 9.61. The van der Waals surface area contributed by atoms with Crippen LogP contribution in [0.25, 0.3) is 49.4 Å². The average Bonchev–Trinajstić information content (AvgIpc) is 3.55. The second-order valence-corrected chi connectivity index (χ2v) is 13.9. The zero-order chi connectivity index (χ0) is 30.5. The van der Waals surface area contributed by atoms with Gasteiger partial charge in [-0.1, -0.05) is 76.4 Å². The molecule has 2 heteroatoms. The number of hydrogen-bond donors (Lipinski definition) is 0. The quantitative estimate of drug-likeness (QED) is 0.218. The molecule has 2 aliphatic rings. The van der Waals surface area contributed by atoms with Crippen molar-refractivity contribution in [3.63, 3.8) is 0 Å². The molecule has 208 valence electrons. The molecule has 0 atom stereocenters. The third kappa shape index (κ3) is 4.17. The first kappa shape index (κ1) is 22.2. The second kappa shape index (κ2) is 9.31. The van der Waals surface area contributed by atoms with Crippen molar-refractivity contribution < 1.29 is 4.11 Å². The molecule has 0 amide bonds. The Morgan fingerprint density at radius 2 is 1.63 bits per heavy atom. The lowest BCUT2D eigenvalue weighted by Gasteiger charge is -2.43. The minimum atomic E-state index is -1.49. The largest absolute Gasteiger partial charge is 0.308 e. The number of hydrogen-bond acceptors (Lipinski definition) is 1. The standard InChI is InChI=1S/C39H42N2/c1-38(2,3)25-26-17-22-40-33(23-26)30-10-8-12-35-36(30)31-11-7-9-29-32-24-28(13-14-34(32)41(35)37(29)31)27-15-20-39(21-16-27)18-5-4-6-19-39/h7-14,17,22-24,27H,4-6,15-16,18-21,25H2,1-3H3/i25D2,27D. The first-order chi connectivity index (χ1) is 21.0. The summed E-state index contributed by atoms with van der Waals surface area (Å²) in [5.74, 6) is -0.507. The van der Waals surface area contributed by atoms with Crippen molar-refractivity contribution in [2.45, 2.75) is 90.8 Å². The molecule has 6 aromatic rings. The molecule has 0 N–H and O–H groups in total. The van der Waals surface area contributed by atoms with Gasteiger partial charge in [-0.25, -0.2) is 0 Å². The number of aromatic nitrogens is 2. The molecular formula is C39H42N2. The normalized spacial score (nSPS) is 20.6. The molecule has 0 bridgehead atoms. The van der Waals surface area contributed by atoms with Gasteiger partial charge in [0.15, 0.2) is 0 Å². The van der Waals surface area contributed by atoms with Crippen LogP contribution in [0.15, 0.2) is 72.9 Å². The average molecular weight is 542 g/mol. The number of pyridine rings is 1. The lowest BCUT2D eigenvalue weighted by Crippen LogP contribution is -2.29. The van der Waals surface area contributed by atoms with Gasteiger partial charge < -0.3 is 4.40 Å². The summed E-state index contributed by atoms with van der Waals surface area (Å²) in [5.41, 5.74) is 7.15. The van der Waals surface area contributed by atoms with Gasteiger partial charge in [-0.15, -0.1) is 0 Å². The van der Waals surface area contributed by atoms with Crippen LogP contribution in [-0.2, 0) is 6.37 Å². The van der Waals surface area contributed by atoms with E-state index in [0.717, 1.165) is 35.0 Å². The fourth-order valence-corrected chi connectivity index (χ4v) is 8.22. The fourth-order valence-electron chi connectivity index (χ4n) is 8.22. The van der Waals surface area contributed by atoms with Gasteiger partial charge in [0.25, 0.3) is 0 Å². The molecule has 0 aliphatic heterocycles. The third-order valence-corrected chi connectivity index (χ3v) is 10.1. The van der Waals surface area contributed by atoms with Crippen LogP contribution in [0.5, 0.6) is 0 Å². The second-order valence-electron chi connectivity index (χ2n) is 13.9. The molecule has 1 spiro atoms. The molecule has 0 unspecified atom stereocenters. The van der Waals surface area contributed by atoms with E-state index < -0.39 is 17.7 Å². The number of rotatable bonds is 3. The summed E-state index contributed by atoms with van der Waals surface area (Å²) >= 11 is 0. The molecule has 3 aromatic heterocycles. The zero-order valence-corrected chi connectivity index (χ0v) is 24.7. The van der Waals surface area contributed by atoms with Crippen LogP contribution in [-0.4, -0.2) is 9.38 Å². The van der Waals surface area contributed by atoms with Crippen LogP contribution >= 0.6 is 0 Å². The van der Waals surface area contributed by atoms with E-state index in [1.807, 2.05) is 32.9 Å². The SMILES string of the molecule is [2H]C1(c2ccc3c(c2)c2cccc4c5c(-c6cc(C([2H])([2H])C(C)(C)C)ccn6)cccc5n3c24)CCC2(CCCCC2)CC1. The van der Waals surface area contributed by atoms with E-state index >= 15 is 0 Å². The lowest BCUT2D eigenvalue weighted by atomic mass is 9.62. The van der Waals surface area contributed by atoms with Crippen LogP contribution in [0.3, 0.4) is 0 Å². The maximum Gasteiger partial charge on any atom is 0.0711 e. The Morgan fingerprint density at radius 1 is 0.854 bits per heavy atom. The minimum absolute atomic E-state index is 0.504. The highest BCUT2D eigenvalue weighted by molar-refractivity contribution is 6.25. The molecule has 41 heavy (non-hydrogen) atoms. The van der Waals surface area contributed by atoms with E-state index in [2.05, 4.69) is 59.0 Å². The van der Waals surface area contributed by atoms with Gasteiger partial charge in [0.2, 0.25) is 0 Å². The van der Waals surface area contributed by atoms with Crippen molar-refractivity contribution in [1.82, 2.24) is 9.38 Å². The van der Waals surface area contributed by atoms with E-state index in [4.69, 9.17) is 7.73 Å². The first-order valence-electron chi connectivity index (χ1n) is 17.2. The number of fused-ring (bicyclic) bond motifs is 6. The molecule has 2 aliphatic carbocycles. The van der Waals surface area contributed by atoms with Crippen LogP contribution in [0.2, 0.25) is 0 Å². The molecule has 3 heterocycles. The Hall–Kier alpha value is -3.39. The molecule has 3 aromatic carbocycles. The zero-order valence-electron chi connectivity index (χ0n) is 27.7. The first-order valence-corrected chi connectivity index (χ1v) is 15.7. The summed E-state index contributed by atoms with van der Waals surface area (Å²) in [5, 5.41) is 4.81. The Kier molecular flexibility index (Phi) is 5.05. The smallest absolute Gasteiger partial charge is 0.0711 e. The predicted octanol–water partition coefficient (Wildman–Crippen LogP) is 11.1. The van der Waals surface area contributed by atoms with Crippen molar-refractivity contribution in [1.29, 1.82) is 0 Å². The van der Waals surface area contributed by atoms with E-state index in [9.17, 15) is 1.37 Å². The van der Waals surface area contributed by atoms with Crippen molar-refractivity contribution in [3.8, 4) is 11.3 Å². The van der Waals surface area contributed by atoms with E-state index in [0.29, 0.717) is 11.0 Å². The molecule has 0 radical (unpaired) electrons. The summed E-state index contributed by atoms with van der Waals surface area (Å²) in [6.07, 6.45) is 11.4. The Labute approximate surface area is 248 Å². The van der Waals surface area contributed by atoms with Gasteiger partial charge >= 0.3 is 0 Å². The van der Waals surface area contributed by atoms with E-state index in [1.54, 1.807) is 6.20 Å². The van der Waals surface area contributed by atoms with Crippen molar-refractivity contribution in [3.05, 3.63) is 84.1 Å². The fraction of sp³-hybridized carbons (Fsp3) is 0.410.